The third-order valence-corrected chi connectivity index (χ3v) is 3.40. The number of nitrogens with zero attached hydrogens (tertiary/aromatic N) is 1. The number of amidine groups is 1. The van der Waals surface area contributed by atoms with Crippen LogP contribution in [0.15, 0.2) is 53.5 Å². The van der Waals surface area contributed by atoms with Crippen LogP contribution in [0.4, 0.5) is 4.39 Å². The molecule has 1 heterocycles. The van der Waals surface area contributed by atoms with Crippen molar-refractivity contribution in [2.24, 2.45) is 4.99 Å². The highest BCUT2D eigenvalue weighted by molar-refractivity contribution is 6.01. The molecule has 5 heteroatoms. The van der Waals surface area contributed by atoms with Crippen molar-refractivity contribution in [2.75, 3.05) is 13.2 Å². The van der Waals surface area contributed by atoms with Crippen LogP contribution in [0.25, 0.3) is 0 Å². The fourth-order valence-electron chi connectivity index (χ4n) is 2.31. The molecule has 0 spiro atoms. The Bertz CT molecular complexity index is 728. The summed E-state index contributed by atoms with van der Waals surface area (Å²) in [6, 6.07) is 13.7. The summed E-state index contributed by atoms with van der Waals surface area (Å²) in [5, 5.41) is 3.14. The van der Waals surface area contributed by atoms with Gasteiger partial charge >= 0.3 is 5.97 Å². The van der Waals surface area contributed by atoms with E-state index in [0.717, 1.165) is 11.4 Å². The quantitative estimate of drug-likeness (QED) is 0.697. The van der Waals surface area contributed by atoms with Gasteiger partial charge in [0, 0.05) is 5.56 Å². The van der Waals surface area contributed by atoms with Crippen molar-refractivity contribution < 1.29 is 13.9 Å². The second-order valence-electron chi connectivity index (χ2n) is 4.86. The lowest BCUT2D eigenvalue weighted by atomic mass is 10.1. The Labute approximate surface area is 127 Å². The van der Waals surface area contributed by atoms with Crippen LogP contribution in [0.2, 0.25) is 0 Å². The summed E-state index contributed by atoms with van der Waals surface area (Å²) >= 11 is 0. The van der Waals surface area contributed by atoms with Gasteiger partial charge in [0.05, 0.1) is 18.7 Å². The molecular weight excluding hydrogens is 283 g/mol. The van der Waals surface area contributed by atoms with Gasteiger partial charge in [-0.1, -0.05) is 36.4 Å². The maximum atomic E-state index is 13.4. The highest BCUT2D eigenvalue weighted by Gasteiger charge is 2.15. The fraction of sp³-hybridized carbons (Fsp3) is 0.176. The monoisotopic (exact) mass is 298 g/mol. The van der Waals surface area contributed by atoms with Crippen molar-refractivity contribution in [2.45, 2.75) is 6.54 Å². The van der Waals surface area contributed by atoms with Gasteiger partial charge in [0.2, 0.25) is 0 Å². The van der Waals surface area contributed by atoms with Gasteiger partial charge in [-0.05, 0) is 17.7 Å². The van der Waals surface area contributed by atoms with Crippen LogP contribution in [-0.2, 0) is 11.3 Å². The van der Waals surface area contributed by atoms with Gasteiger partial charge in [-0.25, -0.2) is 9.18 Å². The van der Waals surface area contributed by atoms with E-state index in [1.165, 1.54) is 23.8 Å². The standard InChI is InChI=1S/C17H15FN2O2/c18-15-8-4-3-7-14(15)17(21)22-10-9-19-16-13-6-2-1-5-12(13)11-20-16/h1-8H,9-11H2,(H,19,20). The Balaban J connectivity index is 1.49. The molecule has 1 aliphatic heterocycles. The number of carbonyl (C=O) groups excluding carboxylic acids is 1. The number of hydrogen-bond donors (Lipinski definition) is 1. The summed E-state index contributed by atoms with van der Waals surface area (Å²) in [7, 11) is 0. The molecular formula is C17H15FN2O2. The zero-order chi connectivity index (χ0) is 15.4. The Morgan fingerprint density at radius 1 is 1.18 bits per heavy atom. The number of ether oxygens (including phenoxy) is 1. The zero-order valence-corrected chi connectivity index (χ0v) is 11.9. The number of nitrogens with one attached hydrogen (secondary N) is 1. The SMILES string of the molecule is O=C(OCCNC1=NCc2ccccc21)c1ccccc1F. The van der Waals surface area contributed by atoms with Crippen LogP contribution in [0.1, 0.15) is 21.5 Å². The molecule has 0 radical (unpaired) electrons. The second-order valence-corrected chi connectivity index (χ2v) is 4.86. The van der Waals surface area contributed by atoms with Gasteiger partial charge in [0.15, 0.2) is 0 Å². The molecule has 112 valence electrons. The first-order valence-corrected chi connectivity index (χ1v) is 7.04. The van der Waals surface area contributed by atoms with Crippen molar-refractivity contribution in [3.05, 3.63) is 71.0 Å². The predicted octanol–water partition coefficient (Wildman–Crippen LogP) is 2.53. The highest BCUT2D eigenvalue weighted by atomic mass is 19.1. The molecule has 0 bridgehead atoms. The van der Waals surface area contributed by atoms with Gasteiger partial charge in [-0.2, -0.15) is 0 Å². The Hall–Kier alpha value is -2.69. The van der Waals surface area contributed by atoms with Crippen LogP contribution in [0.5, 0.6) is 0 Å². The van der Waals surface area contributed by atoms with Crippen molar-refractivity contribution in [1.29, 1.82) is 0 Å². The van der Waals surface area contributed by atoms with Crippen molar-refractivity contribution >= 4 is 11.8 Å². The maximum absolute atomic E-state index is 13.4. The minimum absolute atomic E-state index is 0.0500. The smallest absolute Gasteiger partial charge is 0.341 e. The third-order valence-electron chi connectivity index (χ3n) is 3.40. The molecule has 1 aliphatic rings. The molecule has 3 rings (SSSR count). The molecule has 2 aromatic rings. The van der Waals surface area contributed by atoms with Gasteiger partial charge in [-0.3, -0.25) is 4.99 Å². The predicted molar refractivity (Wildman–Crippen MR) is 81.4 cm³/mol. The second kappa shape index (κ2) is 6.39. The molecule has 2 aromatic carbocycles. The number of esters is 1. The van der Waals surface area contributed by atoms with E-state index in [9.17, 15) is 9.18 Å². The lowest BCUT2D eigenvalue weighted by Gasteiger charge is -2.09. The first-order valence-electron chi connectivity index (χ1n) is 7.04. The average molecular weight is 298 g/mol. The number of rotatable bonds is 4. The van der Waals surface area contributed by atoms with Crippen LogP contribution < -0.4 is 5.32 Å². The summed E-state index contributed by atoms with van der Waals surface area (Å²) in [5.74, 6) is -0.430. The summed E-state index contributed by atoms with van der Waals surface area (Å²) in [6.45, 7) is 1.23. The summed E-state index contributed by atoms with van der Waals surface area (Å²) in [4.78, 5) is 16.1. The molecule has 4 nitrogen and oxygen atoms in total. The molecule has 22 heavy (non-hydrogen) atoms. The fourth-order valence-corrected chi connectivity index (χ4v) is 2.31. The molecule has 1 N–H and O–H groups in total. The third kappa shape index (κ3) is 2.98. The van der Waals surface area contributed by atoms with Crippen LogP contribution in [0.3, 0.4) is 0 Å². The molecule has 0 fully saturated rings. The number of fused-ring (bicyclic) bond motifs is 1. The molecule has 0 saturated heterocycles. The Morgan fingerprint density at radius 2 is 1.95 bits per heavy atom. The minimum atomic E-state index is -0.659. The number of hydrogen-bond acceptors (Lipinski definition) is 4. The van der Waals surface area contributed by atoms with Gasteiger partial charge in [0.1, 0.15) is 18.3 Å². The summed E-state index contributed by atoms with van der Waals surface area (Å²) < 4.78 is 18.5. The first kappa shape index (κ1) is 14.3. The van der Waals surface area contributed by atoms with Crippen LogP contribution in [-0.4, -0.2) is 25.0 Å². The van der Waals surface area contributed by atoms with E-state index in [1.807, 2.05) is 24.3 Å². The van der Waals surface area contributed by atoms with Crippen molar-refractivity contribution in [1.82, 2.24) is 5.32 Å². The number of carbonyl (C=O) groups is 1. The Morgan fingerprint density at radius 3 is 2.82 bits per heavy atom. The zero-order valence-electron chi connectivity index (χ0n) is 11.9. The number of aliphatic imine (C=N–C) groups is 1. The Kier molecular flexibility index (Phi) is 4.14. The van der Waals surface area contributed by atoms with E-state index in [0.29, 0.717) is 13.1 Å². The lowest BCUT2D eigenvalue weighted by molar-refractivity contribution is 0.0507. The largest absolute Gasteiger partial charge is 0.460 e. The maximum Gasteiger partial charge on any atom is 0.341 e. The molecule has 0 atom stereocenters. The van der Waals surface area contributed by atoms with Gasteiger partial charge < -0.3 is 10.1 Å². The molecule has 0 aromatic heterocycles. The molecule has 0 unspecified atom stereocenters. The van der Waals surface area contributed by atoms with Crippen LogP contribution >= 0.6 is 0 Å². The molecule has 0 amide bonds. The molecule has 0 saturated carbocycles. The lowest BCUT2D eigenvalue weighted by Crippen LogP contribution is -2.28. The topological polar surface area (TPSA) is 50.7 Å². The van der Waals surface area contributed by atoms with Crippen molar-refractivity contribution in [3.63, 3.8) is 0 Å². The normalized spacial score (nSPS) is 12.5. The highest BCUT2D eigenvalue weighted by Crippen LogP contribution is 2.16. The number of benzene rings is 2. The summed E-state index contributed by atoms with van der Waals surface area (Å²) in [6.07, 6.45) is 0. The van der Waals surface area contributed by atoms with E-state index in [1.54, 1.807) is 6.07 Å². The average Bonchev–Trinajstić information content (AvgIpc) is 2.95. The number of halogens is 1. The van der Waals surface area contributed by atoms with E-state index >= 15 is 0 Å². The van der Waals surface area contributed by atoms with E-state index in [-0.39, 0.29) is 12.2 Å². The van der Waals surface area contributed by atoms with Gasteiger partial charge in [0.25, 0.3) is 0 Å². The first-order chi connectivity index (χ1) is 10.8. The van der Waals surface area contributed by atoms with Gasteiger partial charge in [-0.15, -0.1) is 0 Å². The minimum Gasteiger partial charge on any atom is -0.460 e. The van der Waals surface area contributed by atoms with E-state index < -0.39 is 11.8 Å². The molecule has 0 aliphatic carbocycles. The van der Waals surface area contributed by atoms with E-state index in [2.05, 4.69) is 10.3 Å². The van der Waals surface area contributed by atoms with Crippen molar-refractivity contribution in [3.8, 4) is 0 Å². The van der Waals surface area contributed by atoms with Crippen LogP contribution in [0, 0.1) is 5.82 Å². The van der Waals surface area contributed by atoms with E-state index in [4.69, 9.17) is 4.74 Å². The summed E-state index contributed by atoms with van der Waals surface area (Å²) in [5.41, 5.74) is 2.20.